The number of rotatable bonds is 4. The van der Waals surface area contributed by atoms with Gasteiger partial charge in [0.25, 0.3) is 0 Å². The van der Waals surface area contributed by atoms with Crippen LogP contribution in [0.2, 0.25) is 5.02 Å². The highest BCUT2D eigenvalue weighted by atomic mass is 35.5. The van der Waals surface area contributed by atoms with Crippen molar-refractivity contribution in [2.45, 2.75) is 39.7 Å². The second-order valence-corrected chi connectivity index (χ2v) is 8.02. The third-order valence-corrected chi connectivity index (χ3v) is 5.29. The van der Waals surface area contributed by atoms with Gasteiger partial charge in [-0.2, -0.15) is 5.26 Å². The molecule has 0 bridgehead atoms. The Morgan fingerprint density at radius 3 is 2.52 bits per heavy atom. The molecule has 27 heavy (non-hydrogen) atoms. The number of hydrogen-bond acceptors (Lipinski definition) is 2. The molecule has 0 saturated carbocycles. The highest BCUT2D eigenvalue weighted by Gasteiger charge is 2.30. The first-order chi connectivity index (χ1) is 12.9. The standard InChI is InChI=1S/C24H25ClN2/c1-5-12-27-23-11-6-18(14-22(23)17(2)15-24(27,3)4)13-20(16-26)19-7-9-21(25)10-8-19/h6-11,13-15H,5,12H2,1-4H3/b20-13+. The van der Waals surface area contributed by atoms with Crippen molar-refractivity contribution in [3.8, 4) is 6.07 Å². The molecule has 0 aromatic heterocycles. The van der Waals surface area contributed by atoms with Crippen LogP contribution in [0.1, 0.15) is 50.8 Å². The predicted molar refractivity (Wildman–Crippen MR) is 117 cm³/mol. The molecule has 2 aromatic rings. The maximum Gasteiger partial charge on any atom is 0.0998 e. The number of hydrogen-bond donors (Lipinski definition) is 0. The van der Waals surface area contributed by atoms with E-state index in [1.807, 2.05) is 30.3 Å². The molecule has 0 spiro atoms. The molecule has 3 heteroatoms. The highest BCUT2D eigenvalue weighted by Crippen LogP contribution is 2.39. The van der Waals surface area contributed by atoms with Crippen LogP contribution in [-0.4, -0.2) is 12.1 Å². The van der Waals surface area contributed by atoms with Gasteiger partial charge in [-0.05, 0) is 74.2 Å². The van der Waals surface area contributed by atoms with Crippen molar-refractivity contribution in [1.29, 1.82) is 5.26 Å². The van der Waals surface area contributed by atoms with Crippen molar-refractivity contribution in [3.63, 3.8) is 0 Å². The average Bonchev–Trinajstić information content (AvgIpc) is 2.64. The number of fused-ring (bicyclic) bond motifs is 1. The van der Waals surface area contributed by atoms with Crippen LogP contribution in [-0.2, 0) is 0 Å². The molecule has 0 atom stereocenters. The zero-order valence-electron chi connectivity index (χ0n) is 16.4. The molecule has 3 rings (SSSR count). The lowest BCUT2D eigenvalue weighted by Crippen LogP contribution is -2.45. The smallest absolute Gasteiger partial charge is 0.0998 e. The van der Waals surface area contributed by atoms with Gasteiger partial charge in [-0.3, -0.25) is 0 Å². The fourth-order valence-corrected chi connectivity index (χ4v) is 3.93. The summed E-state index contributed by atoms with van der Waals surface area (Å²) in [7, 11) is 0. The third kappa shape index (κ3) is 3.94. The molecule has 0 amide bonds. The minimum Gasteiger partial charge on any atom is -0.362 e. The fourth-order valence-electron chi connectivity index (χ4n) is 3.80. The number of nitriles is 1. The first kappa shape index (κ1) is 19.3. The second kappa shape index (κ2) is 7.62. The highest BCUT2D eigenvalue weighted by molar-refractivity contribution is 6.30. The zero-order chi connectivity index (χ0) is 19.6. The van der Waals surface area contributed by atoms with Gasteiger partial charge < -0.3 is 4.90 Å². The Morgan fingerprint density at radius 2 is 1.89 bits per heavy atom. The Kier molecular flexibility index (Phi) is 5.44. The molecule has 1 heterocycles. The summed E-state index contributed by atoms with van der Waals surface area (Å²) in [6.07, 6.45) is 5.39. The van der Waals surface area contributed by atoms with Gasteiger partial charge in [0.05, 0.1) is 17.2 Å². The van der Waals surface area contributed by atoms with Crippen molar-refractivity contribution in [1.82, 2.24) is 0 Å². The minimum absolute atomic E-state index is 0.00553. The van der Waals surface area contributed by atoms with Gasteiger partial charge in [-0.1, -0.05) is 42.8 Å². The van der Waals surface area contributed by atoms with E-state index in [-0.39, 0.29) is 5.54 Å². The Balaban J connectivity index is 2.04. The number of allylic oxidation sites excluding steroid dienone is 2. The van der Waals surface area contributed by atoms with Crippen molar-refractivity contribution in [2.75, 3.05) is 11.4 Å². The van der Waals surface area contributed by atoms with E-state index in [1.54, 1.807) is 0 Å². The van der Waals surface area contributed by atoms with Gasteiger partial charge >= 0.3 is 0 Å². The molecule has 0 unspecified atom stereocenters. The molecule has 2 aromatic carbocycles. The lowest BCUT2D eigenvalue weighted by molar-refractivity contribution is 0.550. The van der Waals surface area contributed by atoms with Crippen LogP contribution in [0, 0.1) is 11.3 Å². The van der Waals surface area contributed by atoms with E-state index in [9.17, 15) is 5.26 Å². The van der Waals surface area contributed by atoms with Crippen LogP contribution in [0.15, 0.2) is 48.5 Å². The quantitative estimate of drug-likeness (QED) is 0.432. The molecule has 0 radical (unpaired) electrons. The molecule has 0 saturated heterocycles. The lowest BCUT2D eigenvalue weighted by Gasteiger charge is -2.43. The topological polar surface area (TPSA) is 27.0 Å². The van der Waals surface area contributed by atoms with Gasteiger partial charge in [0.1, 0.15) is 0 Å². The van der Waals surface area contributed by atoms with Crippen LogP contribution >= 0.6 is 11.6 Å². The van der Waals surface area contributed by atoms with Gasteiger partial charge in [-0.25, -0.2) is 0 Å². The first-order valence-corrected chi connectivity index (χ1v) is 9.73. The monoisotopic (exact) mass is 376 g/mol. The van der Waals surface area contributed by atoms with E-state index in [1.165, 1.54) is 16.8 Å². The summed E-state index contributed by atoms with van der Waals surface area (Å²) in [5.41, 5.74) is 6.34. The third-order valence-electron chi connectivity index (χ3n) is 5.04. The number of anilines is 1. The normalized spacial score (nSPS) is 15.8. The van der Waals surface area contributed by atoms with Crippen molar-refractivity contribution in [3.05, 3.63) is 70.3 Å². The Morgan fingerprint density at radius 1 is 1.19 bits per heavy atom. The molecule has 138 valence electrons. The molecule has 0 fully saturated rings. The number of halogens is 1. The summed E-state index contributed by atoms with van der Waals surface area (Å²) in [6, 6.07) is 16.2. The van der Waals surface area contributed by atoms with E-state index < -0.39 is 0 Å². The van der Waals surface area contributed by atoms with E-state index >= 15 is 0 Å². The summed E-state index contributed by atoms with van der Waals surface area (Å²) >= 11 is 5.96. The number of nitrogens with zero attached hydrogens (tertiary/aromatic N) is 2. The van der Waals surface area contributed by atoms with E-state index in [2.05, 4.69) is 62.9 Å². The number of benzene rings is 2. The summed E-state index contributed by atoms with van der Waals surface area (Å²) in [5, 5.41) is 10.3. The molecule has 2 nitrogen and oxygen atoms in total. The Bertz CT molecular complexity index is 943. The maximum atomic E-state index is 9.61. The van der Waals surface area contributed by atoms with Crippen LogP contribution in [0.3, 0.4) is 0 Å². The summed E-state index contributed by atoms with van der Waals surface area (Å²) in [6.45, 7) is 9.92. The second-order valence-electron chi connectivity index (χ2n) is 7.59. The van der Waals surface area contributed by atoms with Crippen LogP contribution < -0.4 is 4.90 Å². The molecular weight excluding hydrogens is 352 g/mol. The Labute approximate surface area is 167 Å². The van der Waals surface area contributed by atoms with Gasteiger partial charge in [0, 0.05) is 22.8 Å². The summed E-state index contributed by atoms with van der Waals surface area (Å²) in [5.74, 6) is 0. The van der Waals surface area contributed by atoms with E-state index in [4.69, 9.17) is 11.6 Å². The van der Waals surface area contributed by atoms with Gasteiger partial charge in [0.15, 0.2) is 0 Å². The Hall–Kier alpha value is -2.50. The molecule has 0 aliphatic carbocycles. The van der Waals surface area contributed by atoms with Gasteiger partial charge in [0.2, 0.25) is 0 Å². The van der Waals surface area contributed by atoms with Crippen molar-refractivity contribution >= 4 is 34.5 Å². The van der Waals surface area contributed by atoms with Crippen LogP contribution in [0.4, 0.5) is 5.69 Å². The maximum absolute atomic E-state index is 9.61. The first-order valence-electron chi connectivity index (χ1n) is 9.35. The molecular formula is C24H25ClN2. The molecule has 0 N–H and O–H groups in total. The van der Waals surface area contributed by atoms with Crippen molar-refractivity contribution in [2.24, 2.45) is 0 Å². The SMILES string of the molecule is CCCN1c2ccc(/C=C(\C#N)c3ccc(Cl)cc3)cc2C(C)=CC1(C)C. The van der Waals surface area contributed by atoms with Crippen molar-refractivity contribution < 1.29 is 0 Å². The largest absolute Gasteiger partial charge is 0.362 e. The summed E-state index contributed by atoms with van der Waals surface area (Å²) in [4.78, 5) is 2.47. The minimum atomic E-state index is 0.00553. The van der Waals surface area contributed by atoms with Gasteiger partial charge in [-0.15, -0.1) is 0 Å². The lowest BCUT2D eigenvalue weighted by atomic mass is 9.87. The van der Waals surface area contributed by atoms with E-state index in [0.29, 0.717) is 10.6 Å². The fraction of sp³-hybridized carbons (Fsp3) is 0.292. The summed E-state index contributed by atoms with van der Waals surface area (Å²) < 4.78 is 0. The average molecular weight is 377 g/mol. The van der Waals surface area contributed by atoms with Crippen LogP contribution in [0.25, 0.3) is 17.2 Å². The molecule has 1 aliphatic rings. The van der Waals surface area contributed by atoms with Crippen LogP contribution in [0.5, 0.6) is 0 Å². The predicted octanol–water partition coefficient (Wildman–Crippen LogP) is 6.82. The van der Waals surface area contributed by atoms with E-state index in [0.717, 1.165) is 24.1 Å². The molecule has 1 aliphatic heterocycles. The zero-order valence-corrected chi connectivity index (χ0v) is 17.1.